The maximum absolute atomic E-state index is 12.5. The normalized spacial score (nSPS) is 36.0. The Bertz CT molecular complexity index is 602. The van der Waals surface area contributed by atoms with Crippen LogP contribution in [0.25, 0.3) is 0 Å². The Morgan fingerprint density at radius 3 is 2.35 bits per heavy atom. The number of rotatable bonds is 2. The van der Waals surface area contributed by atoms with E-state index in [9.17, 15) is 9.59 Å². The summed E-state index contributed by atoms with van der Waals surface area (Å²) in [6, 6.07) is 9.99. The predicted molar refractivity (Wildman–Crippen MR) is 75.1 cm³/mol. The molecule has 1 unspecified atom stereocenters. The van der Waals surface area contributed by atoms with Crippen molar-refractivity contribution in [2.24, 2.45) is 17.3 Å². The van der Waals surface area contributed by atoms with E-state index < -0.39 is 5.41 Å². The van der Waals surface area contributed by atoms with Crippen molar-refractivity contribution in [3.63, 3.8) is 0 Å². The number of Topliss-reactive ketones (excluding diaryl/α,β-unsaturated/α-hetero) is 1. The molecule has 0 saturated heterocycles. The standard InChI is InChI=1S/C17H18O3/c1-10-14(11-7-5-4-6-8-11)17(2)13(18)9-12(20-3)16(19)15(10)17/h4-10,14-15H,1-3H3/t10-,14+,15?,17+/m1/s1. The molecular weight excluding hydrogens is 252 g/mol. The number of ether oxygens (including phenoxy) is 1. The van der Waals surface area contributed by atoms with Crippen molar-refractivity contribution in [2.45, 2.75) is 19.8 Å². The molecule has 0 amide bonds. The van der Waals surface area contributed by atoms with Gasteiger partial charge in [0.15, 0.2) is 11.5 Å². The fourth-order valence-corrected chi connectivity index (χ4v) is 4.15. The van der Waals surface area contributed by atoms with E-state index >= 15 is 0 Å². The van der Waals surface area contributed by atoms with Crippen LogP contribution in [0.5, 0.6) is 0 Å². The first-order valence-electron chi connectivity index (χ1n) is 6.91. The van der Waals surface area contributed by atoms with Crippen LogP contribution in [-0.4, -0.2) is 18.7 Å². The van der Waals surface area contributed by atoms with Crippen LogP contribution >= 0.6 is 0 Å². The molecule has 0 N–H and O–H groups in total. The molecule has 0 aromatic heterocycles. The quantitative estimate of drug-likeness (QED) is 0.830. The lowest BCUT2D eigenvalue weighted by molar-refractivity contribution is -0.158. The summed E-state index contributed by atoms with van der Waals surface area (Å²) in [6.45, 7) is 3.96. The third kappa shape index (κ3) is 1.46. The number of benzene rings is 1. The molecule has 1 saturated carbocycles. The van der Waals surface area contributed by atoms with Crippen molar-refractivity contribution in [1.29, 1.82) is 0 Å². The van der Waals surface area contributed by atoms with Crippen LogP contribution in [0.2, 0.25) is 0 Å². The Kier molecular flexibility index (Phi) is 2.82. The van der Waals surface area contributed by atoms with Gasteiger partial charge in [0.25, 0.3) is 0 Å². The highest BCUT2D eigenvalue weighted by Crippen LogP contribution is 2.63. The van der Waals surface area contributed by atoms with Gasteiger partial charge < -0.3 is 4.74 Å². The summed E-state index contributed by atoms with van der Waals surface area (Å²) >= 11 is 0. The molecule has 2 aliphatic carbocycles. The second-order valence-electron chi connectivity index (χ2n) is 5.95. The van der Waals surface area contributed by atoms with Crippen LogP contribution in [0.1, 0.15) is 25.3 Å². The molecule has 3 heteroatoms. The maximum Gasteiger partial charge on any atom is 0.201 e. The number of allylic oxidation sites excluding steroid dienone is 2. The third-order valence-electron chi connectivity index (χ3n) is 5.04. The number of hydrogen-bond acceptors (Lipinski definition) is 3. The van der Waals surface area contributed by atoms with E-state index in [0.29, 0.717) is 0 Å². The van der Waals surface area contributed by atoms with E-state index in [-0.39, 0.29) is 35.1 Å². The molecule has 104 valence electrons. The lowest BCUT2D eigenvalue weighted by Gasteiger charge is -2.58. The van der Waals surface area contributed by atoms with Gasteiger partial charge in [-0.3, -0.25) is 9.59 Å². The molecule has 4 atom stereocenters. The summed E-state index contributed by atoms with van der Waals surface area (Å²) in [7, 11) is 1.44. The highest BCUT2D eigenvalue weighted by molar-refractivity contribution is 6.13. The van der Waals surface area contributed by atoms with Crippen molar-refractivity contribution < 1.29 is 14.3 Å². The van der Waals surface area contributed by atoms with Crippen LogP contribution in [-0.2, 0) is 14.3 Å². The molecule has 0 bridgehead atoms. The van der Waals surface area contributed by atoms with Crippen LogP contribution in [0.4, 0.5) is 0 Å². The molecule has 2 aliphatic rings. The van der Waals surface area contributed by atoms with E-state index in [1.54, 1.807) is 0 Å². The monoisotopic (exact) mass is 270 g/mol. The molecule has 1 fully saturated rings. The number of ketones is 2. The largest absolute Gasteiger partial charge is 0.493 e. The Hall–Kier alpha value is -1.90. The Morgan fingerprint density at radius 1 is 1.10 bits per heavy atom. The smallest absolute Gasteiger partial charge is 0.201 e. The Morgan fingerprint density at radius 2 is 1.75 bits per heavy atom. The van der Waals surface area contributed by atoms with Crippen molar-refractivity contribution >= 4 is 11.6 Å². The van der Waals surface area contributed by atoms with Gasteiger partial charge in [-0.25, -0.2) is 0 Å². The van der Waals surface area contributed by atoms with Gasteiger partial charge in [-0.2, -0.15) is 0 Å². The minimum absolute atomic E-state index is 0.00547. The second kappa shape index (κ2) is 4.30. The lowest BCUT2D eigenvalue weighted by Crippen LogP contribution is -2.61. The van der Waals surface area contributed by atoms with Gasteiger partial charge in [0.05, 0.1) is 7.11 Å². The highest BCUT2D eigenvalue weighted by Gasteiger charge is 2.65. The number of carbonyl (C=O) groups is 2. The zero-order valence-electron chi connectivity index (χ0n) is 11.9. The number of hydrogen-bond donors (Lipinski definition) is 0. The molecule has 0 aliphatic heterocycles. The van der Waals surface area contributed by atoms with Gasteiger partial charge in [-0.15, -0.1) is 0 Å². The van der Waals surface area contributed by atoms with E-state index in [1.165, 1.54) is 13.2 Å². The van der Waals surface area contributed by atoms with Gasteiger partial charge in [0.2, 0.25) is 5.78 Å². The first kappa shape index (κ1) is 13.1. The fourth-order valence-electron chi connectivity index (χ4n) is 4.15. The lowest BCUT2D eigenvalue weighted by atomic mass is 9.42. The van der Waals surface area contributed by atoms with E-state index in [2.05, 4.69) is 0 Å². The summed E-state index contributed by atoms with van der Waals surface area (Å²) in [4.78, 5) is 24.9. The van der Waals surface area contributed by atoms with Crippen molar-refractivity contribution in [1.82, 2.24) is 0 Å². The minimum Gasteiger partial charge on any atom is -0.493 e. The van der Waals surface area contributed by atoms with Crippen LogP contribution in [0.15, 0.2) is 42.2 Å². The molecule has 3 rings (SSSR count). The molecule has 20 heavy (non-hydrogen) atoms. The van der Waals surface area contributed by atoms with Crippen LogP contribution in [0, 0.1) is 17.3 Å². The molecule has 0 spiro atoms. The average Bonchev–Trinajstić information content (AvgIpc) is 2.44. The molecule has 0 heterocycles. The molecule has 1 aromatic rings. The van der Waals surface area contributed by atoms with Crippen LogP contribution in [0.3, 0.4) is 0 Å². The first-order valence-corrected chi connectivity index (χ1v) is 6.91. The van der Waals surface area contributed by atoms with Crippen molar-refractivity contribution in [3.8, 4) is 0 Å². The highest BCUT2D eigenvalue weighted by atomic mass is 16.5. The molecule has 3 nitrogen and oxygen atoms in total. The summed E-state index contributed by atoms with van der Waals surface area (Å²) in [6.07, 6.45) is 1.38. The topological polar surface area (TPSA) is 43.4 Å². The van der Waals surface area contributed by atoms with Crippen LogP contribution < -0.4 is 0 Å². The predicted octanol–water partition coefficient (Wildman–Crippen LogP) is 2.72. The van der Waals surface area contributed by atoms with Crippen molar-refractivity contribution in [2.75, 3.05) is 7.11 Å². The first-order chi connectivity index (χ1) is 9.51. The summed E-state index contributed by atoms with van der Waals surface area (Å²) in [5.41, 5.74) is 0.508. The van der Waals surface area contributed by atoms with E-state index in [1.807, 2.05) is 44.2 Å². The third-order valence-corrected chi connectivity index (χ3v) is 5.04. The fraction of sp³-hybridized carbons (Fsp3) is 0.412. The van der Waals surface area contributed by atoms with Gasteiger partial charge in [0.1, 0.15) is 0 Å². The molecule has 0 radical (unpaired) electrons. The van der Waals surface area contributed by atoms with E-state index in [0.717, 1.165) is 5.56 Å². The summed E-state index contributed by atoms with van der Waals surface area (Å²) < 4.78 is 5.05. The Labute approximate surface area is 118 Å². The van der Waals surface area contributed by atoms with Gasteiger partial charge in [-0.1, -0.05) is 44.2 Å². The van der Waals surface area contributed by atoms with Gasteiger partial charge >= 0.3 is 0 Å². The summed E-state index contributed by atoms with van der Waals surface area (Å²) in [5, 5.41) is 0. The SMILES string of the molecule is COC1=CC(=O)[C@]2(C)C(C1=O)[C@H](C)[C@H]2c1ccccc1. The molecule has 1 aromatic carbocycles. The Balaban J connectivity index is 2.06. The number of methoxy groups -OCH3 is 1. The molecular formula is C17H18O3. The van der Waals surface area contributed by atoms with Gasteiger partial charge in [-0.05, 0) is 11.5 Å². The summed E-state index contributed by atoms with van der Waals surface area (Å²) in [5.74, 6) is 0.161. The van der Waals surface area contributed by atoms with E-state index in [4.69, 9.17) is 4.74 Å². The zero-order valence-corrected chi connectivity index (χ0v) is 11.9. The number of carbonyl (C=O) groups excluding carboxylic acids is 2. The maximum atomic E-state index is 12.5. The second-order valence-corrected chi connectivity index (χ2v) is 5.95. The number of fused-ring (bicyclic) bond motifs is 1. The van der Waals surface area contributed by atoms with Gasteiger partial charge in [0, 0.05) is 23.3 Å². The van der Waals surface area contributed by atoms with Crippen molar-refractivity contribution in [3.05, 3.63) is 47.7 Å². The minimum atomic E-state index is -0.625. The zero-order chi connectivity index (χ0) is 14.5. The average molecular weight is 270 g/mol.